The number of H-pyrrole nitrogens is 1. The molecule has 2 aromatic heterocycles. The van der Waals surface area contributed by atoms with Crippen LogP contribution in [0, 0.1) is 0 Å². The number of thioether (sulfide) groups is 2. The molecule has 1 spiro atoms. The number of fused-ring (bicyclic) bond motifs is 1. The van der Waals surface area contributed by atoms with Crippen molar-refractivity contribution in [2.75, 3.05) is 48.0 Å². The average Bonchev–Trinajstić information content (AvgIpc) is 3.22. The Kier molecular flexibility index (Phi) is 4.25. The molecule has 23 heavy (non-hydrogen) atoms. The van der Waals surface area contributed by atoms with Gasteiger partial charge in [0.2, 0.25) is 5.95 Å². The van der Waals surface area contributed by atoms with E-state index in [4.69, 9.17) is 5.11 Å². The number of aromatic amines is 1. The third-order valence-electron chi connectivity index (χ3n) is 4.30. The molecule has 0 aliphatic carbocycles. The fourth-order valence-corrected chi connectivity index (χ4v) is 6.32. The van der Waals surface area contributed by atoms with Gasteiger partial charge in [-0.05, 0) is 12.8 Å². The first-order chi connectivity index (χ1) is 11.3. The number of piperidine rings is 1. The lowest BCUT2D eigenvalue weighted by atomic mass is 10.1. The third kappa shape index (κ3) is 2.97. The molecule has 0 saturated carbocycles. The van der Waals surface area contributed by atoms with Crippen LogP contribution in [0.2, 0.25) is 0 Å². The van der Waals surface area contributed by atoms with E-state index in [0.717, 1.165) is 24.4 Å². The normalized spacial score (nSPS) is 20.5. The van der Waals surface area contributed by atoms with E-state index in [0.29, 0.717) is 22.2 Å². The maximum Gasteiger partial charge on any atom is 0.226 e. The Morgan fingerprint density at radius 1 is 1.26 bits per heavy atom. The topological polar surface area (TPSA) is 90.0 Å². The predicted octanol–water partition coefficient (Wildman–Crippen LogP) is 1.53. The van der Waals surface area contributed by atoms with Crippen LogP contribution in [0.1, 0.15) is 12.8 Å². The van der Waals surface area contributed by atoms with E-state index in [1.54, 1.807) is 6.33 Å². The molecule has 2 fully saturated rings. The molecule has 9 heteroatoms. The molecule has 0 radical (unpaired) electrons. The maximum atomic E-state index is 8.98. The van der Waals surface area contributed by atoms with Gasteiger partial charge in [0, 0.05) is 31.1 Å². The molecule has 3 N–H and O–H groups in total. The Labute approximate surface area is 143 Å². The van der Waals surface area contributed by atoms with Gasteiger partial charge in [0.15, 0.2) is 11.5 Å². The van der Waals surface area contributed by atoms with Gasteiger partial charge < -0.3 is 20.3 Å². The van der Waals surface area contributed by atoms with Crippen molar-refractivity contribution < 1.29 is 5.11 Å². The Bertz CT molecular complexity index is 677. The second-order valence-corrected chi connectivity index (χ2v) is 8.93. The smallest absolute Gasteiger partial charge is 0.226 e. The second-order valence-electron chi connectivity index (χ2n) is 5.72. The zero-order chi connectivity index (χ0) is 15.7. The first kappa shape index (κ1) is 15.3. The Morgan fingerprint density at radius 3 is 2.78 bits per heavy atom. The van der Waals surface area contributed by atoms with Gasteiger partial charge in [-0.25, -0.2) is 4.98 Å². The predicted molar refractivity (Wildman–Crippen MR) is 96.4 cm³/mol. The van der Waals surface area contributed by atoms with E-state index in [9.17, 15) is 0 Å². The number of aromatic nitrogens is 4. The van der Waals surface area contributed by atoms with Crippen molar-refractivity contribution in [3.8, 4) is 0 Å². The molecule has 0 aromatic carbocycles. The highest BCUT2D eigenvalue weighted by Crippen LogP contribution is 2.51. The number of anilines is 2. The molecule has 0 atom stereocenters. The Balaban J connectivity index is 1.59. The number of aliphatic hydroxyl groups excluding tert-OH is 1. The summed E-state index contributed by atoms with van der Waals surface area (Å²) in [7, 11) is 0. The molecule has 0 bridgehead atoms. The van der Waals surface area contributed by atoms with Crippen LogP contribution in [0.15, 0.2) is 6.33 Å². The van der Waals surface area contributed by atoms with Crippen LogP contribution in [0.5, 0.6) is 0 Å². The minimum Gasteiger partial charge on any atom is -0.395 e. The minimum atomic E-state index is 0.0535. The summed E-state index contributed by atoms with van der Waals surface area (Å²) in [5.41, 5.74) is 1.56. The molecule has 2 aliphatic rings. The standard InChI is InChI=1S/C14H20N6OS2/c21-6-3-15-13-18-11-10(16-9-17-11)12(19-13)20-4-1-14(2-5-20)22-7-8-23-14/h9,21H,1-8H2,(H2,15,16,17,18,19). The van der Waals surface area contributed by atoms with Gasteiger partial charge in [0.25, 0.3) is 0 Å². The molecule has 4 rings (SSSR count). The van der Waals surface area contributed by atoms with Crippen LogP contribution >= 0.6 is 23.5 Å². The van der Waals surface area contributed by atoms with Gasteiger partial charge in [-0.15, -0.1) is 23.5 Å². The van der Waals surface area contributed by atoms with Crippen LogP contribution in [0.25, 0.3) is 11.2 Å². The summed E-state index contributed by atoms with van der Waals surface area (Å²) in [4.78, 5) is 18.8. The van der Waals surface area contributed by atoms with Crippen molar-refractivity contribution in [1.29, 1.82) is 0 Å². The summed E-state index contributed by atoms with van der Waals surface area (Å²) in [5.74, 6) is 3.99. The van der Waals surface area contributed by atoms with Crippen molar-refractivity contribution in [3.05, 3.63) is 6.33 Å². The summed E-state index contributed by atoms with van der Waals surface area (Å²) in [5, 5.41) is 12.0. The lowest BCUT2D eigenvalue weighted by Crippen LogP contribution is -2.40. The zero-order valence-corrected chi connectivity index (χ0v) is 14.4. The van der Waals surface area contributed by atoms with Gasteiger partial charge in [0.05, 0.1) is 17.0 Å². The lowest BCUT2D eigenvalue weighted by molar-refractivity contribution is 0.311. The van der Waals surface area contributed by atoms with Crippen LogP contribution in [0.3, 0.4) is 0 Å². The van der Waals surface area contributed by atoms with Gasteiger partial charge in [-0.1, -0.05) is 0 Å². The summed E-state index contributed by atoms with van der Waals surface area (Å²) >= 11 is 4.25. The molecular weight excluding hydrogens is 332 g/mol. The van der Waals surface area contributed by atoms with E-state index < -0.39 is 0 Å². The van der Waals surface area contributed by atoms with E-state index >= 15 is 0 Å². The number of hydrogen-bond donors (Lipinski definition) is 3. The highest BCUT2D eigenvalue weighted by atomic mass is 32.2. The van der Waals surface area contributed by atoms with Crippen LogP contribution in [-0.4, -0.2) is 66.9 Å². The largest absolute Gasteiger partial charge is 0.395 e. The quantitative estimate of drug-likeness (QED) is 0.763. The van der Waals surface area contributed by atoms with Gasteiger partial charge in [-0.2, -0.15) is 9.97 Å². The number of hydrogen-bond acceptors (Lipinski definition) is 8. The third-order valence-corrected chi connectivity index (χ3v) is 7.95. The molecule has 7 nitrogen and oxygen atoms in total. The summed E-state index contributed by atoms with van der Waals surface area (Å²) < 4.78 is 0.425. The van der Waals surface area contributed by atoms with Crippen LogP contribution in [0.4, 0.5) is 11.8 Å². The zero-order valence-electron chi connectivity index (χ0n) is 12.8. The maximum absolute atomic E-state index is 8.98. The summed E-state index contributed by atoms with van der Waals surface area (Å²) in [6.45, 7) is 2.50. The Morgan fingerprint density at radius 2 is 2.04 bits per heavy atom. The van der Waals surface area contributed by atoms with Crippen molar-refractivity contribution in [1.82, 2.24) is 19.9 Å². The molecule has 4 heterocycles. The molecule has 0 unspecified atom stereocenters. The molecule has 124 valence electrons. The number of aliphatic hydroxyl groups is 1. The van der Waals surface area contributed by atoms with E-state index in [2.05, 4.69) is 53.7 Å². The highest BCUT2D eigenvalue weighted by Gasteiger charge is 2.39. The second kappa shape index (κ2) is 6.37. The van der Waals surface area contributed by atoms with E-state index in [1.165, 1.54) is 24.3 Å². The Hall–Kier alpha value is -1.19. The fraction of sp³-hybridized carbons (Fsp3) is 0.643. The monoisotopic (exact) mass is 352 g/mol. The SMILES string of the molecule is OCCNc1nc(N2CCC3(CC2)SCCS3)c2[nH]cnc2n1. The number of nitrogens with zero attached hydrogens (tertiary/aromatic N) is 4. The summed E-state index contributed by atoms with van der Waals surface area (Å²) in [6.07, 6.45) is 4.02. The van der Waals surface area contributed by atoms with Crippen molar-refractivity contribution in [3.63, 3.8) is 0 Å². The minimum absolute atomic E-state index is 0.0535. The fourth-order valence-electron chi connectivity index (χ4n) is 3.14. The van der Waals surface area contributed by atoms with E-state index in [1.807, 2.05) is 0 Å². The average molecular weight is 352 g/mol. The lowest BCUT2D eigenvalue weighted by Gasteiger charge is -2.38. The van der Waals surface area contributed by atoms with Gasteiger partial charge in [0.1, 0.15) is 5.52 Å². The molecular formula is C14H20N6OS2. The van der Waals surface area contributed by atoms with Crippen molar-refractivity contribution in [2.24, 2.45) is 0 Å². The van der Waals surface area contributed by atoms with Crippen LogP contribution in [-0.2, 0) is 0 Å². The van der Waals surface area contributed by atoms with Crippen molar-refractivity contribution in [2.45, 2.75) is 16.9 Å². The van der Waals surface area contributed by atoms with Gasteiger partial charge >= 0.3 is 0 Å². The van der Waals surface area contributed by atoms with Crippen LogP contribution < -0.4 is 10.2 Å². The number of nitrogens with one attached hydrogen (secondary N) is 2. The molecule has 0 amide bonds. The van der Waals surface area contributed by atoms with E-state index in [-0.39, 0.29) is 6.61 Å². The first-order valence-corrected chi connectivity index (χ1v) is 9.85. The molecule has 2 aliphatic heterocycles. The molecule has 2 saturated heterocycles. The molecule has 2 aromatic rings. The first-order valence-electron chi connectivity index (χ1n) is 7.88. The number of imidazole rings is 1. The van der Waals surface area contributed by atoms with Gasteiger partial charge in [-0.3, -0.25) is 0 Å². The summed E-state index contributed by atoms with van der Waals surface area (Å²) in [6, 6.07) is 0. The van der Waals surface area contributed by atoms with Crippen molar-refractivity contribution >= 4 is 46.5 Å². The number of rotatable bonds is 4. The highest BCUT2D eigenvalue weighted by molar-refractivity contribution is 8.21.